The molecule has 1 aliphatic heterocycles. The molecule has 2 heterocycles. The molecule has 1 aromatic heterocycles. The molecule has 0 spiro atoms. The summed E-state index contributed by atoms with van der Waals surface area (Å²) < 4.78 is 0. The third kappa shape index (κ3) is 2.71. The van der Waals surface area contributed by atoms with Gasteiger partial charge in [0.2, 0.25) is 5.56 Å². The summed E-state index contributed by atoms with van der Waals surface area (Å²) in [6, 6.07) is 1.57. The molecular formula is C14H21N3O2. The van der Waals surface area contributed by atoms with E-state index in [0.717, 1.165) is 6.42 Å². The standard InChI is InChI=1S/C14H21N3O2/c1-9-6-12(18)16-7-10(9)13(19)17-5-4-11(15)14(2,3)8-17/h6-7,11H,4-5,8,15H2,1-3H3,(H,16,18). The number of pyridine rings is 1. The minimum atomic E-state index is -0.185. The van der Waals surface area contributed by atoms with E-state index in [-0.39, 0.29) is 22.9 Å². The average molecular weight is 263 g/mol. The van der Waals surface area contributed by atoms with E-state index >= 15 is 0 Å². The normalized spacial score (nSPS) is 22.3. The molecule has 1 unspecified atom stereocenters. The number of hydrogen-bond donors (Lipinski definition) is 2. The predicted molar refractivity (Wildman–Crippen MR) is 74.1 cm³/mol. The Morgan fingerprint density at radius 3 is 2.79 bits per heavy atom. The SMILES string of the molecule is Cc1cc(=O)[nH]cc1C(=O)N1CCC(N)C(C)(C)C1. The third-order valence-corrected chi connectivity index (χ3v) is 3.96. The van der Waals surface area contributed by atoms with Gasteiger partial charge in [0.25, 0.3) is 5.91 Å². The number of carbonyl (C=O) groups excluding carboxylic acids is 1. The molecular weight excluding hydrogens is 242 g/mol. The maximum atomic E-state index is 12.5. The monoisotopic (exact) mass is 263 g/mol. The van der Waals surface area contributed by atoms with E-state index < -0.39 is 0 Å². The number of aromatic amines is 1. The van der Waals surface area contributed by atoms with Crippen LogP contribution in [-0.4, -0.2) is 34.9 Å². The van der Waals surface area contributed by atoms with Crippen molar-refractivity contribution in [1.82, 2.24) is 9.88 Å². The summed E-state index contributed by atoms with van der Waals surface area (Å²) in [4.78, 5) is 28.1. The molecule has 19 heavy (non-hydrogen) atoms. The number of aromatic nitrogens is 1. The Morgan fingerprint density at radius 1 is 1.53 bits per heavy atom. The zero-order valence-electron chi connectivity index (χ0n) is 11.7. The van der Waals surface area contributed by atoms with Crippen LogP contribution in [0.25, 0.3) is 0 Å². The van der Waals surface area contributed by atoms with Gasteiger partial charge >= 0.3 is 0 Å². The van der Waals surface area contributed by atoms with E-state index in [2.05, 4.69) is 18.8 Å². The first-order valence-electron chi connectivity index (χ1n) is 6.55. The number of nitrogens with one attached hydrogen (secondary N) is 1. The van der Waals surface area contributed by atoms with Crippen LogP contribution in [0.5, 0.6) is 0 Å². The highest BCUT2D eigenvalue weighted by atomic mass is 16.2. The van der Waals surface area contributed by atoms with Crippen molar-refractivity contribution in [3.05, 3.63) is 33.7 Å². The highest BCUT2D eigenvalue weighted by Crippen LogP contribution is 2.28. The summed E-state index contributed by atoms with van der Waals surface area (Å²) >= 11 is 0. The summed E-state index contributed by atoms with van der Waals surface area (Å²) in [5, 5.41) is 0. The molecule has 1 saturated heterocycles. The van der Waals surface area contributed by atoms with Gasteiger partial charge in [0.05, 0.1) is 5.56 Å². The lowest BCUT2D eigenvalue weighted by atomic mass is 9.79. The van der Waals surface area contributed by atoms with Crippen molar-refractivity contribution in [1.29, 1.82) is 0 Å². The van der Waals surface area contributed by atoms with Gasteiger partial charge < -0.3 is 15.6 Å². The zero-order valence-corrected chi connectivity index (χ0v) is 11.7. The number of carbonyl (C=O) groups is 1. The number of amides is 1. The van der Waals surface area contributed by atoms with E-state index in [4.69, 9.17) is 5.73 Å². The van der Waals surface area contributed by atoms with Gasteiger partial charge in [0.15, 0.2) is 0 Å². The van der Waals surface area contributed by atoms with Crippen LogP contribution in [0.3, 0.4) is 0 Å². The van der Waals surface area contributed by atoms with Crippen LogP contribution in [-0.2, 0) is 0 Å². The van der Waals surface area contributed by atoms with Crippen LogP contribution in [0.1, 0.15) is 36.2 Å². The van der Waals surface area contributed by atoms with E-state index in [1.54, 1.807) is 6.92 Å². The molecule has 3 N–H and O–H groups in total. The number of nitrogens with zero attached hydrogens (tertiary/aromatic N) is 1. The van der Waals surface area contributed by atoms with Crippen molar-refractivity contribution in [2.24, 2.45) is 11.1 Å². The summed E-state index contributed by atoms with van der Waals surface area (Å²) in [6.45, 7) is 7.25. The molecule has 1 amide bonds. The van der Waals surface area contributed by atoms with Crippen LogP contribution >= 0.6 is 0 Å². The summed E-state index contributed by atoms with van der Waals surface area (Å²) in [6.07, 6.45) is 2.31. The van der Waals surface area contributed by atoms with E-state index in [9.17, 15) is 9.59 Å². The van der Waals surface area contributed by atoms with Crippen molar-refractivity contribution in [2.75, 3.05) is 13.1 Å². The molecule has 1 aromatic rings. The second-order valence-electron chi connectivity index (χ2n) is 6.00. The Morgan fingerprint density at radius 2 is 2.21 bits per heavy atom. The molecule has 1 aliphatic rings. The number of nitrogens with two attached hydrogens (primary N) is 1. The van der Waals surface area contributed by atoms with E-state index in [0.29, 0.717) is 24.2 Å². The lowest BCUT2D eigenvalue weighted by Gasteiger charge is -2.42. The van der Waals surface area contributed by atoms with Gasteiger partial charge in [-0.15, -0.1) is 0 Å². The second-order valence-corrected chi connectivity index (χ2v) is 6.00. The Bertz CT molecular complexity index is 548. The average Bonchev–Trinajstić information content (AvgIpc) is 2.32. The minimum absolute atomic E-state index is 0.0336. The summed E-state index contributed by atoms with van der Waals surface area (Å²) in [7, 11) is 0. The molecule has 1 fully saturated rings. The smallest absolute Gasteiger partial charge is 0.255 e. The number of H-pyrrole nitrogens is 1. The van der Waals surface area contributed by atoms with Crippen molar-refractivity contribution in [3.63, 3.8) is 0 Å². The second kappa shape index (κ2) is 4.81. The van der Waals surface area contributed by atoms with Gasteiger partial charge in [-0.2, -0.15) is 0 Å². The highest BCUT2D eigenvalue weighted by molar-refractivity contribution is 5.95. The summed E-state index contributed by atoms with van der Waals surface area (Å²) in [5.74, 6) is -0.0336. The fourth-order valence-corrected chi connectivity index (χ4v) is 2.52. The first-order valence-corrected chi connectivity index (χ1v) is 6.55. The van der Waals surface area contributed by atoms with Gasteiger partial charge in [-0.3, -0.25) is 9.59 Å². The number of piperidine rings is 1. The van der Waals surface area contributed by atoms with Crippen molar-refractivity contribution < 1.29 is 4.79 Å². The fourth-order valence-electron chi connectivity index (χ4n) is 2.52. The van der Waals surface area contributed by atoms with Crippen molar-refractivity contribution >= 4 is 5.91 Å². The Hall–Kier alpha value is -1.62. The van der Waals surface area contributed by atoms with Gasteiger partial charge in [-0.25, -0.2) is 0 Å². The van der Waals surface area contributed by atoms with Crippen molar-refractivity contribution in [3.8, 4) is 0 Å². The van der Waals surface area contributed by atoms with Gasteiger partial charge in [-0.1, -0.05) is 13.8 Å². The number of rotatable bonds is 1. The van der Waals surface area contributed by atoms with Gasteiger partial charge in [0, 0.05) is 31.4 Å². The van der Waals surface area contributed by atoms with Crippen LogP contribution in [0.2, 0.25) is 0 Å². The fraction of sp³-hybridized carbons (Fsp3) is 0.571. The molecule has 2 rings (SSSR count). The molecule has 0 bridgehead atoms. The highest BCUT2D eigenvalue weighted by Gasteiger charge is 2.35. The Kier molecular flexibility index (Phi) is 3.49. The molecule has 0 saturated carbocycles. The molecule has 5 heteroatoms. The van der Waals surface area contributed by atoms with Crippen molar-refractivity contribution in [2.45, 2.75) is 33.2 Å². The largest absolute Gasteiger partial charge is 0.338 e. The first-order chi connectivity index (χ1) is 8.81. The Balaban J connectivity index is 2.23. The molecule has 1 atom stereocenters. The van der Waals surface area contributed by atoms with Crippen LogP contribution in [0.15, 0.2) is 17.1 Å². The van der Waals surface area contributed by atoms with Crippen LogP contribution in [0, 0.1) is 12.3 Å². The zero-order chi connectivity index (χ0) is 14.2. The predicted octanol–water partition coefficient (Wildman–Crippen LogP) is 0.883. The summed E-state index contributed by atoms with van der Waals surface area (Å²) in [5.41, 5.74) is 7.08. The molecule has 5 nitrogen and oxygen atoms in total. The maximum absolute atomic E-state index is 12.5. The lowest BCUT2D eigenvalue weighted by Crippen LogP contribution is -2.54. The topological polar surface area (TPSA) is 79.2 Å². The molecule has 0 aliphatic carbocycles. The number of aryl methyl sites for hydroxylation is 1. The number of hydrogen-bond acceptors (Lipinski definition) is 3. The van der Waals surface area contributed by atoms with E-state index in [1.165, 1.54) is 12.3 Å². The third-order valence-electron chi connectivity index (χ3n) is 3.96. The molecule has 104 valence electrons. The molecule has 0 radical (unpaired) electrons. The van der Waals surface area contributed by atoms with Gasteiger partial charge in [0.1, 0.15) is 0 Å². The van der Waals surface area contributed by atoms with Crippen LogP contribution in [0.4, 0.5) is 0 Å². The van der Waals surface area contributed by atoms with Gasteiger partial charge in [-0.05, 0) is 24.3 Å². The quantitative estimate of drug-likeness (QED) is 0.789. The maximum Gasteiger partial charge on any atom is 0.255 e. The minimum Gasteiger partial charge on any atom is -0.338 e. The van der Waals surface area contributed by atoms with E-state index in [1.807, 2.05) is 4.90 Å². The van der Waals surface area contributed by atoms with Crippen LogP contribution < -0.4 is 11.3 Å². The first kappa shape index (κ1) is 13.8. The number of likely N-dealkylation sites (tertiary alicyclic amines) is 1. The molecule has 0 aromatic carbocycles. The lowest BCUT2D eigenvalue weighted by molar-refractivity contribution is 0.0532. The Labute approximate surface area is 112 Å².